The first kappa shape index (κ1) is 9.94. The van der Waals surface area contributed by atoms with Crippen LogP contribution in [0.2, 0.25) is 0 Å². The van der Waals surface area contributed by atoms with E-state index in [-0.39, 0.29) is 0 Å². The van der Waals surface area contributed by atoms with Crippen LogP contribution < -0.4 is 5.32 Å². The van der Waals surface area contributed by atoms with E-state index in [2.05, 4.69) is 5.32 Å². The van der Waals surface area contributed by atoms with Crippen molar-refractivity contribution in [3.05, 3.63) is 0 Å². The van der Waals surface area contributed by atoms with E-state index in [1.54, 1.807) is 32.1 Å². The molecule has 5 rings (SSSR count). The molecule has 16 heavy (non-hydrogen) atoms. The minimum absolute atomic E-state index is 1.05. The maximum Gasteiger partial charge on any atom is -0.00151 e. The van der Waals surface area contributed by atoms with E-state index in [1.165, 1.54) is 25.9 Å². The third-order valence-corrected chi connectivity index (χ3v) is 5.93. The molecule has 1 nitrogen and oxygen atoms in total. The van der Waals surface area contributed by atoms with Gasteiger partial charge in [0, 0.05) is 0 Å². The fraction of sp³-hybridized carbons (Fsp3) is 1.00. The number of nitrogens with one attached hydrogen (secondary N) is 1. The molecule has 5 fully saturated rings. The van der Waals surface area contributed by atoms with Crippen molar-refractivity contribution < 1.29 is 0 Å². The van der Waals surface area contributed by atoms with Gasteiger partial charge >= 0.3 is 0 Å². The monoisotopic (exact) mass is 219 g/mol. The van der Waals surface area contributed by atoms with E-state index >= 15 is 0 Å². The lowest BCUT2D eigenvalue weighted by Gasteiger charge is -2.54. The third kappa shape index (κ3) is 1.72. The van der Waals surface area contributed by atoms with Gasteiger partial charge in [0.25, 0.3) is 0 Å². The van der Waals surface area contributed by atoms with Gasteiger partial charge in [-0.2, -0.15) is 0 Å². The van der Waals surface area contributed by atoms with E-state index in [9.17, 15) is 0 Å². The molecule has 90 valence electrons. The van der Waals surface area contributed by atoms with Gasteiger partial charge in [-0.3, -0.25) is 0 Å². The van der Waals surface area contributed by atoms with E-state index in [4.69, 9.17) is 0 Å². The van der Waals surface area contributed by atoms with Crippen LogP contribution in [0.1, 0.15) is 44.9 Å². The summed E-state index contributed by atoms with van der Waals surface area (Å²) in [7, 11) is 0. The van der Waals surface area contributed by atoms with Crippen molar-refractivity contribution in [2.24, 2.45) is 35.5 Å². The van der Waals surface area contributed by atoms with Gasteiger partial charge in [0.1, 0.15) is 0 Å². The van der Waals surface area contributed by atoms with Crippen LogP contribution in [0.25, 0.3) is 0 Å². The van der Waals surface area contributed by atoms with Gasteiger partial charge in [-0.25, -0.2) is 0 Å². The normalized spacial score (nSPS) is 49.9. The predicted molar refractivity (Wildman–Crippen MR) is 66.1 cm³/mol. The van der Waals surface area contributed by atoms with Crippen LogP contribution in [0.15, 0.2) is 0 Å². The van der Waals surface area contributed by atoms with Gasteiger partial charge in [0.2, 0.25) is 0 Å². The second kappa shape index (κ2) is 3.73. The lowest BCUT2D eigenvalue weighted by Crippen LogP contribution is -2.48. The molecule has 0 unspecified atom stereocenters. The highest BCUT2D eigenvalue weighted by Crippen LogP contribution is 2.56. The van der Waals surface area contributed by atoms with Crippen molar-refractivity contribution in [1.82, 2.24) is 5.32 Å². The smallest absolute Gasteiger partial charge is 0.00151 e. The summed E-state index contributed by atoms with van der Waals surface area (Å²) in [6.45, 7) is 2.67. The van der Waals surface area contributed by atoms with Crippen molar-refractivity contribution >= 4 is 0 Å². The van der Waals surface area contributed by atoms with Crippen LogP contribution in [0.3, 0.4) is 0 Å². The van der Waals surface area contributed by atoms with Crippen LogP contribution in [-0.2, 0) is 0 Å². The molecule has 0 radical (unpaired) electrons. The quantitative estimate of drug-likeness (QED) is 0.766. The van der Waals surface area contributed by atoms with Crippen molar-refractivity contribution in [2.75, 3.05) is 13.1 Å². The van der Waals surface area contributed by atoms with Gasteiger partial charge in [-0.1, -0.05) is 0 Å². The predicted octanol–water partition coefficient (Wildman–Crippen LogP) is 3.06. The molecule has 1 heteroatoms. The minimum Gasteiger partial charge on any atom is -0.316 e. The molecular formula is C15H25N. The maximum atomic E-state index is 3.78. The second-order valence-electron chi connectivity index (χ2n) is 7.20. The van der Waals surface area contributed by atoms with Gasteiger partial charge in [-0.05, 0) is 93.5 Å². The molecule has 0 amide bonds. The average Bonchev–Trinajstić information content (AvgIpc) is 3.05. The highest BCUT2D eigenvalue weighted by Gasteiger charge is 2.47. The Balaban J connectivity index is 1.36. The fourth-order valence-corrected chi connectivity index (χ4v) is 5.15. The average molecular weight is 219 g/mol. The Morgan fingerprint density at radius 1 is 0.750 bits per heavy atom. The summed E-state index contributed by atoms with van der Waals surface area (Å²) in [5.74, 6) is 6.62. The number of hydrogen-bond acceptors (Lipinski definition) is 1. The molecule has 0 aromatic carbocycles. The Bertz CT molecular complexity index is 241. The van der Waals surface area contributed by atoms with Crippen LogP contribution in [-0.4, -0.2) is 13.1 Å². The van der Waals surface area contributed by atoms with E-state index in [1.807, 2.05) is 0 Å². The topological polar surface area (TPSA) is 12.0 Å². The van der Waals surface area contributed by atoms with Crippen molar-refractivity contribution in [3.8, 4) is 0 Å². The Hall–Kier alpha value is -0.0400. The summed E-state index contributed by atoms with van der Waals surface area (Å²) >= 11 is 0. The largest absolute Gasteiger partial charge is 0.316 e. The van der Waals surface area contributed by atoms with Gasteiger partial charge < -0.3 is 5.32 Å². The molecule has 0 heterocycles. The molecule has 0 atom stereocenters. The van der Waals surface area contributed by atoms with Crippen LogP contribution >= 0.6 is 0 Å². The summed E-state index contributed by atoms with van der Waals surface area (Å²) in [4.78, 5) is 0. The molecule has 5 aliphatic carbocycles. The maximum absolute atomic E-state index is 3.78. The Kier molecular flexibility index (Phi) is 2.32. The third-order valence-electron chi connectivity index (χ3n) is 5.93. The van der Waals surface area contributed by atoms with Gasteiger partial charge in [0.15, 0.2) is 0 Å². The summed E-state index contributed by atoms with van der Waals surface area (Å²) < 4.78 is 0. The van der Waals surface area contributed by atoms with Crippen molar-refractivity contribution in [2.45, 2.75) is 44.9 Å². The molecule has 5 saturated carbocycles. The zero-order valence-electron chi connectivity index (χ0n) is 10.3. The Morgan fingerprint density at radius 3 is 1.94 bits per heavy atom. The first-order chi connectivity index (χ1) is 7.88. The molecular weight excluding hydrogens is 194 g/mol. The minimum atomic E-state index is 1.05. The summed E-state index contributed by atoms with van der Waals surface area (Å²) in [6.07, 6.45) is 10.9. The molecule has 0 aliphatic heterocycles. The SMILES string of the molecule is C1CC1CNCC1C2CC3CC(C2)CC1C3. The van der Waals surface area contributed by atoms with Crippen LogP contribution in [0, 0.1) is 35.5 Å². The lowest BCUT2D eigenvalue weighted by molar-refractivity contribution is -0.0354. The zero-order chi connectivity index (χ0) is 10.5. The van der Waals surface area contributed by atoms with E-state index in [0.717, 1.165) is 35.5 Å². The first-order valence-electron chi connectivity index (χ1n) is 7.59. The summed E-state index contributed by atoms with van der Waals surface area (Å²) in [5.41, 5.74) is 0. The fourth-order valence-electron chi connectivity index (χ4n) is 5.15. The van der Waals surface area contributed by atoms with Gasteiger partial charge in [0.05, 0.1) is 0 Å². The molecule has 4 bridgehead atoms. The number of rotatable bonds is 4. The lowest BCUT2D eigenvalue weighted by atomic mass is 9.52. The molecule has 0 spiro atoms. The Labute approximate surface area is 99.4 Å². The van der Waals surface area contributed by atoms with E-state index in [0.29, 0.717) is 0 Å². The highest BCUT2D eigenvalue weighted by molar-refractivity contribution is 4.98. The van der Waals surface area contributed by atoms with E-state index < -0.39 is 0 Å². The Morgan fingerprint density at radius 2 is 1.38 bits per heavy atom. The van der Waals surface area contributed by atoms with Crippen molar-refractivity contribution in [3.63, 3.8) is 0 Å². The number of hydrogen-bond donors (Lipinski definition) is 1. The molecule has 1 N–H and O–H groups in total. The van der Waals surface area contributed by atoms with Crippen LogP contribution in [0.4, 0.5) is 0 Å². The second-order valence-corrected chi connectivity index (χ2v) is 7.20. The first-order valence-corrected chi connectivity index (χ1v) is 7.59. The molecule has 5 aliphatic rings. The standard InChI is InChI=1S/C15H25N/c1-2-10(1)8-16-9-15-13-4-11-3-12(6-13)7-14(15)5-11/h10-16H,1-9H2. The van der Waals surface area contributed by atoms with Crippen LogP contribution in [0.5, 0.6) is 0 Å². The van der Waals surface area contributed by atoms with Gasteiger partial charge in [-0.15, -0.1) is 0 Å². The highest BCUT2D eigenvalue weighted by atomic mass is 14.9. The van der Waals surface area contributed by atoms with Crippen molar-refractivity contribution in [1.29, 1.82) is 0 Å². The molecule has 0 saturated heterocycles. The zero-order valence-corrected chi connectivity index (χ0v) is 10.3. The molecule has 0 aromatic rings. The summed E-state index contributed by atoms with van der Waals surface area (Å²) in [6, 6.07) is 0. The molecule has 0 aromatic heterocycles. The summed E-state index contributed by atoms with van der Waals surface area (Å²) in [5, 5.41) is 3.78.